The predicted octanol–water partition coefficient (Wildman–Crippen LogP) is 1.08. The van der Waals surface area contributed by atoms with Crippen LogP contribution in [-0.2, 0) is 0 Å². The van der Waals surface area contributed by atoms with Gasteiger partial charge in [0.25, 0.3) is 0 Å². The number of hydrogen-bond acceptors (Lipinski definition) is 3. The number of rotatable bonds is 2. The average Bonchev–Trinajstić information content (AvgIpc) is 2.30. The summed E-state index contributed by atoms with van der Waals surface area (Å²) in [6.45, 7) is 0. The van der Waals surface area contributed by atoms with Crippen molar-refractivity contribution in [3.05, 3.63) is 47.7 Å². The van der Waals surface area contributed by atoms with Crippen molar-refractivity contribution in [1.29, 1.82) is 0 Å². The lowest BCUT2D eigenvalue weighted by molar-refractivity contribution is 0.425. The maximum Gasteiger partial charge on any atom is 0.490 e. The zero-order valence-electron chi connectivity index (χ0n) is 8.34. The van der Waals surface area contributed by atoms with Crippen LogP contribution in [0, 0.1) is 0 Å². The molecule has 0 unspecified atom stereocenters. The number of halogens is 1. The van der Waals surface area contributed by atoms with Crippen LogP contribution < -0.4 is 5.46 Å². The van der Waals surface area contributed by atoms with Crippen LogP contribution in [0.4, 0.5) is 0 Å². The van der Waals surface area contributed by atoms with Crippen molar-refractivity contribution >= 4 is 24.2 Å². The second-order valence-corrected chi connectivity index (χ2v) is 3.82. The fourth-order valence-electron chi connectivity index (χ4n) is 1.40. The molecule has 0 radical (unpaired) electrons. The van der Waals surface area contributed by atoms with E-state index >= 15 is 0 Å². The Morgan fingerprint density at radius 3 is 2.31 bits per heavy atom. The highest BCUT2D eigenvalue weighted by atomic mass is 35.5. The maximum atomic E-state index is 9.03. The molecule has 0 spiro atoms. The van der Waals surface area contributed by atoms with E-state index in [0.29, 0.717) is 10.5 Å². The molecule has 1 heterocycles. The minimum atomic E-state index is -1.50. The zero-order valence-corrected chi connectivity index (χ0v) is 9.09. The number of hydrogen-bond donors (Lipinski definition) is 2. The van der Waals surface area contributed by atoms with Crippen molar-refractivity contribution in [1.82, 2.24) is 4.98 Å². The molecule has 2 rings (SSSR count). The zero-order chi connectivity index (χ0) is 11.5. The summed E-state index contributed by atoms with van der Waals surface area (Å²) in [7, 11) is -1.50. The predicted molar refractivity (Wildman–Crippen MR) is 64.5 cm³/mol. The van der Waals surface area contributed by atoms with Crippen LogP contribution in [0.25, 0.3) is 11.1 Å². The molecule has 2 aromatic rings. The van der Waals surface area contributed by atoms with Crippen molar-refractivity contribution in [2.45, 2.75) is 0 Å². The summed E-state index contributed by atoms with van der Waals surface area (Å²) >= 11 is 5.79. The highest BCUT2D eigenvalue weighted by Crippen LogP contribution is 2.19. The molecule has 5 heteroatoms. The first-order valence-corrected chi connectivity index (χ1v) is 5.11. The number of benzene rings is 1. The highest BCUT2D eigenvalue weighted by molar-refractivity contribution is 6.58. The van der Waals surface area contributed by atoms with E-state index in [0.717, 1.165) is 11.1 Å². The van der Waals surface area contributed by atoms with E-state index < -0.39 is 7.12 Å². The van der Waals surface area contributed by atoms with Gasteiger partial charge in [-0.05, 0) is 23.3 Å². The number of pyridine rings is 1. The lowest BCUT2D eigenvalue weighted by Gasteiger charge is -2.04. The molecule has 0 atom stereocenters. The van der Waals surface area contributed by atoms with Gasteiger partial charge in [0.1, 0.15) is 0 Å². The van der Waals surface area contributed by atoms with E-state index in [1.807, 2.05) is 12.1 Å². The fraction of sp³-hybridized carbons (Fsp3) is 0. The lowest BCUT2D eigenvalue weighted by Crippen LogP contribution is -2.30. The Hall–Kier alpha value is -1.36. The van der Waals surface area contributed by atoms with Crippen molar-refractivity contribution in [2.75, 3.05) is 0 Å². The molecule has 0 saturated carbocycles. The molecule has 1 aromatic carbocycles. The summed E-state index contributed by atoms with van der Waals surface area (Å²) in [5.41, 5.74) is 2.12. The Morgan fingerprint density at radius 1 is 1.00 bits per heavy atom. The Labute approximate surface area is 98.5 Å². The van der Waals surface area contributed by atoms with Crippen molar-refractivity contribution in [3.8, 4) is 11.1 Å². The first kappa shape index (κ1) is 11.1. The monoisotopic (exact) mass is 233 g/mol. The van der Waals surface area contributed by atoms with E-state index in [-0.39, 0.29) is 0 Å². The normalized spacial score (nSPS) is 10.2. The second kappa shape index (κ2) is 4.66. The van der Waals surface area contributed by atoms with Crippen LogP contribution >= 0.6 is 11.6 Å². The van der Waals surface area contributed by atoms with Gasteiger partial charge in [-0.2, -0.15) is 0 Å². The van der Waals surface area contributed by atoms with Gasteiger partial charge < -0.3 is 10.0 Å². The summed E-state index contributed by atoms with van der Waals surface area (Å²) in [5, 5.41) is 18.7. The molecule has 0 aliphatic heterocycles. The van der Waals surface area contributed by atoms with E-state index in [4.69, 9.17) is 21.6 Å². The van der Waals surface area contributed by atoms with E-state index in [1.54, 1.807) is 24.4 Å². The largest absolute Gasteiger partial charge is 0.490 e. The van der Waals surface area contributed by atoms with Crippen LogP contribution in [0.5, 0.6) is 0 Å². The highest BCUT2D eigenvalue weighted by Gasteiger charge is 2.11. The van der Waals surface area contributed by atoms with Gasteiger partial charge >= 0.3 is 7.12 Å². The Balaban J connectivity index is 2.40. The molecule has 0 aliphatic carbocycles. The molecule has 80 valence electrons. The minimum Gasteiger partial charge on any atom is -0.423 e. The first-order chi connectivity index (χ1) is 7.66. The standard InChI is InChI=1S/C11H9BClNO2/c13-11-3-1-8(2-4-11)9-5-10(12(15)16)7-14-6-9/h1-7,15-16H. The summed E-state index contributed by atoms with van der Waals surface area (Å²) in [6.07, 6.45) is 3.08. The summed E-state index contributed by atoms with van der Waals surface area (Å²) in [6, 6.07) is 8.94. The van der Waals surface area contributed by atoms with E-state index in [2.05, 4.69) is 4.98 Å². The second-order valence-electron chi connectivity index (χ2n) is 3.39. The molecule has 0 saturated heterocycles. The number of nitrogens with zero attached hydrogens (tertiary/aromatic N) is 1. The minimum absolute atomic E-state index is 0.368. The van der Waals surface area contributed by atoms with Gasteiger partial charge in [0, 0.05) is 22.9 Å². The molecule has 3 nitrogen and oxygen atoms in total. The Morgan fingerprint density at radius 2 is 1.69 bits per heavy atom. The molecule has 0 fully saturated rings. The van der Waals surface area contributed by atoms with Crippen LogP contribution in [0.3, 0.4) is 0 Å². The molecule has 2 N–H and O–H groups in total. The van der Waals surface area contributed by atoms with Crippen molar-refractivity contribution < 1.29 is 10.0 Å². The third-order valence-corrected chi connectivity index (χ3v) is 2.49. The molecule has 1 aromatic heterocycles. The van der Waals surface area contributed by atoms with Crippen LogP contribution in [0.2, 0.25) is 5.02 Å². The molecule has 0 aliphatic rings. The van der Waals surface area contributed by atoms with Crippen LogP contribution in [-0.4, -0.2) is 22.2 Å². The molecular weight excluding hydrogens is 224 g/mol. The van der Waals surface area contributed by atoms with E-state index in [9.17, 15) is 0 Å². The summed E-state index contributed by atoms with van der Waals surface area (Å²) < 4.78 is 0. The third kappa shape index (κ3) is 2.42. The topological polar surface area (TPSA) is 53.4 Å². The summed E-state index contributed by atoms with van der Waals surface area (Å²) in [5.74, 6) is 0. The molecule has 0 amide bonds. The van der Waals surface area contributed by atoms with Gasteiger partial charge in [0.15, 0.2) is 0 Å². The van der Waals surface area contributed by atoms with Gasteiger partial charge in [0.05, 0.1) is 0 Å². The first-order valence-electron chi connectivity index (χ1n) is 4.74. The molecule has 0 bridgehead atoms. The number of aromatic nitrogens is 1. The van der Waals surface area contributed by atoms with Crippen LogP contribution in [0.1, 0.15) is 0 Å². The van der Waals surface area contributed by atoms with Crippen LogP contribution in [0.15, 0.2) is 42.7 Å². The summed E-state index contributed by atoms with van der Waals surface area (Å²) in [4.78, 5) is 3.95. The van der Waals surface area contributed by atoms with E-state index in [1.165, 1.54) is 6.20 Å². The molecular formula is C11H9BClNO2. The van der Waals surface area contributed by atoms with Gasteiger partial charge in [-0.1, -0.05) is 29.8 Å². The third-order valence-electron chi connectivity index (χ3n) is 2.24. The smallest absolute Gasteiger partial charge is 0.423 e. The quantitative estimate of drug-likeness (QED) is 0.763. The van der Waals surface area contributed by atoms with Gasteiger partial charge in [-0.15, -0.1) is 0 Å². The lowest BCUT2D eigenvalue weighted by atomic mass is 9.80. The fourth-order valence-corrected chi connectivity index (χ4v) is 1.53. The van der Waals surface area contributed by atoms with Crippen molar-refractivity contribution in [3.63, 3.8) is 0 Å². The average molecular weight is 233 g/mol. The Bertz CT molecular complexity index is 488. The SMILES string of the molecule is OB(O)c1cncc(-c2ccc(Cl)cc2)c1. The van der Waals surface area contributed by atoms with Gasteiger partial charge in [0.2, 0.25) is 0 Å². The van der Waals surface area contributed by atoms with Gasteiger partial charge in [-0.3, -0.25) is 4.98 Å². The van der Waals surface area contributed by atoms with Crippen molar-refractivity contribution in [2.24, 2.45) is 0 Å². The Kier molecular flexibility index (Phi) is 3.24. The molecule has 16 heavy (non-hydrogen) atoms. The maximum absolute atomic E-state index is 9.03. The van der Waals surface area contributed by atoms with Gasteiger partial charge in [-0.25, -0.2) is 0 Å².